The number of rotatable bonds is 14. The van der Waals surface area contributed by atoms with Crippen molar-refractivity contribution in [2.24, 2.45) is 5.92 Å². The largest absolute Gasteiger partial charge is 0.493 e. The second-order valence-electron chi connectivity index (χ2n) is 8.30. The number of nitrogens with zero attached hydrogens (tertiary/aromatic N) is 1. The van der Waals surface area contributed by atoms with Crippen molar-refractivity contribution >= 4 is 17.3 Å². The number of benzene rings is 1. The van der Waals surface area contributed by atoms with Gasteiger partial charge in [0, 0.05) is 31.3 Å². The number of hydrogen-bond acceptors (Lipinski definition) is 6. The SMILES string of the molecule is COc1cc(C(O)[C@H](CCCc2ccsc2)Cn2ccc(CCC(=O)O)c2)cc(OC)c1OC. The van der Waals surface area contributed by atoms with Crippen molar-refractivity contribution in [3.8, 4) is 17.2 Å². The topological polar surface area (TPSA) is 90.2 Å². The number of ether oxygens (including phenoxy) is 3. The van der Waals surface area contributed by atoms with Gasteiger partial charge in [-0.05, 0) is 77.4 Å². The minimum absolute atomic E-state index is 0.0684. The quantitative estimate of drug-likeness (QED) is 0.334. The third kappa shape index (κ3) is 6.77. The predicted octanol–water partition coefficient (Wildman–Crippen LogP) is 4.97. The fourth-order valence-corrected chi connectivity index (χ4v) is 4.87. The lowest BCUT2D eigenvalue weighted by atomic mass is 9.90. The Bertz CT molecular complexity index is 1020. The molecular formula is C26H33NO6S. The lowest BCUT2D eigenvalue weighted by Gasteiger charge is -2.25. The summed E-state index contributed by atoms with van der Waals surface area (Å²) >= 11 is 1.69. The maximum absolute atomic E-state index is 11.4. The standard InChI is InChI=1S/C26H33NO6S/c1-31-22-13-21(14-23(32-2)26(22)33-3)25(30)20(6-4-5-19-10-12-34-17-19)16-27-11-9-18(15-27)7-8-24(28)29/h9-15,17,20,25,30H,4-8,16H2,1-3H3,(H,28,29)/t20-,25?/m1/s1. The maximum atomic E-state index is 11.4. The molecule has 2 N–H and O–H groups in total. The third-order valence-electron chi connectivity index (χ3n) is 5.98. The number of hydrogen-bond donors (Lipinski definition) is 2. The van der Waals surface area contributed by atoms with E-state index in [9.17, 15) is 9.90 Å². The number of methoxy groups -OCH3 is 3. The summed E-state index contributed by atoms with van der Waals surface area (Å²) in [7, 11) is 4.67. The zero-order chi connectivity index (χ0) is 24.5. The van der Waals surface area contributed by atoms with Gasteiger partial charge in [0.2, 0.25) is 5.75 Å². The first-order chi connectivity index (χ1) is 16.4. The number of aryl methyl sites for hydroxylation is 2. The van der Waals surface area contributed by atoms with Gasteiger partial charge in [0.15, 0.2) is 11.5 Å². The summed E-state index contributed by atoms with van der Waals surface area (Å²) in [5, 5.41) is 24.6. The molecule has 0 aliphatic rings. The number of aliphatic carboxylic acids is 1. The number of aromatic nitrogens is 1. The summed E-state index contributed by atoms with van der Waals surface area (Å²) in [6.07, 6.45) is 6.47. The van der Waals surface area contributed by atoms with E-state index in [0.717, 1.165) is 24.8 Å². The molecule has 0 aliphatic carbocycles. The Kier molecular flexibility index (Phi) is 9.42. The van der Waals surface area contributed by atoms with Gasteiger partial charge in [0.25, 0.3) is 0 Å². The van der Waals surface area contributed by atoms with Crippen LogP contribution in [0, 0.1) is 5.92 Å². The molecule has 1 aromatic carbocycles. The smallest absolute Gasteiger partial charge is 0.303 e. The Labute approximate surface area is 204 Å². The molecule has 1 unspecified atom stereocenters. The van der Waals surface area contributed by atoms with Crippen molar-refractivity contribution in [1.82, 2.24) is 4.57 Å². The average Bonchev–Trinajstić information content (AvgIpc) is 3.52. The molecule has 184 valence electrons. The Balaban J connectivity index is 1.81. The molecule has 2 heterocycles. The molecule has 0 aliphatic heterocycles. The Morgan fingerprint density at radius 3 is 2.38 bits per heavy atom. The van der Waals surface area contributed by atoms with E-state index in [1.807, 2.05) is 23.0 Å². The molecule has 8 heteroatoms. The van der Waals surface area contributed by atoms with Crippen LogP contribution in [-0.2, 0) is 24.2 Å². The summed E-state index contributed by atoms with van der Waals surface area (Å²) in [5.74, 6) is 0.621. The van der Waals surface area contributed by atoms with Crippen LogP contribution in [-0.4, -0.2) is 42.1 Å². The normalized spacial score (nSPS) is 12.8. The molecule has 0 fully saturated rings. The van der Waals surface area contributed by atoms with Gasteiger partial charge >= 0.3 is 5.97 Å². The maximum Gasteiger partial charge on any atom is 0.303 e. The highest BCUT2D eigenvalue weighted by molar-refractivity contribution is 7.07. The second kappa shape index (κ2) is 12.5. The molecule has 0 saturated heterocycles. The van der Waals surface area contributed by atoms with Crippen molar-refractivity contribution in [2.75, 3.05) is 21.3 Å². The molecule has 0 amide bonds. The van der Waals surface area contributed by atoms with Gasteiger partial charge in [0.05, 0.1) is 27.4 Å². The molecule has 2 aromatic heterocycles. The van der Waals surface area contributed by atoms with Crippen LogP contribution in [0.2, 0.25) is 0 Å². The van der Waals surface area contributed by atoms with E-state index in [1.54, 1.807) is 44.8 Å². The monoisotopic (exact) mass is 487 g/mol. The van der Waals surface area contributed by atoms with E-state index in [4.69, 9.17) is 19.3 Å². The lowest BCUT2D eigenvalue weighted by molar-refractivity contribution is -0.136. The molecule has 2 atom stereocenters. The number of carboxylic acids is 1. The lowest BCUT2D eigenvalue weighted by Crippen LogP contribution is -2.19. The van der Waals surface area contributed by atoms with Crippen LogP contribution in [0.4, 0.5) is 0 Å². The van der Waals surface area contributed by atoms with Crippen molar-refractivity contribution in [3.05, 3.63) is 64.1 Å². The van der Waals surface area contributed by atoms with Gasteiger partial charge in [0.1, 0.15) is 0 Å². The molecule has 0 bridgehead atoms. The van der Waals surface area contributed by atoms with Crippen LogP contribution < -0.4 is 14.2 Å². The average molecular weight is 488 g/mol. The van der Waals surface area contributed by atoms with Crippen molar-refractivity contribution in [3.63, 3.8) is 0 Å². The summed E-state index contributed by atoms with van der Waals surface area (Å²) in [5.41, 5.74) is 2.98. The number of aliphatic hydroxyl groups excluding tert-OH is 1. The minimum Gasteiger partial charge on any atom is -0.493 e. The number of thiophene rings is 1. The molecular weight excluding hydrogens is 454 g/mol. The van der Waals surface area contributed by atoms with E-state index < -0.39 is 12.1 Å². The van der Waals surface area contributed by atoms with Crippen LogP contribution >= 0.6 is 11.3 Å². The van der Waals surface area contributed by atoms with Crippen molar-refractivity contribution < 1.29 is 29.2 Å². The number of aliphatic hydroxyl groups is 1. The Morgan fingerprint density at radius 2 is 1.79 bits per heavy atom. The van der Waals surface area contributed by atoms with Gasteiger partial charge in [-0.15, -0.1) is 0 Å². The summed E-state index contributed by atoms with van der Waals surface area (Å²) in [4.78, 5) is 10.9. The fourth-order valence-electron chi connectivity index (χ4n) is 4.17. The second-order valence-corrected chi connectivity index (χ2v) is 9.08. The van der Waals surface area contributed by atoms with Gasteiger partial charge in [-0.25, -0.2) is 0 Å². The molecule has 3 aromatic rings. The first-order valence-corrected chi connectivity index (χ1v) is 12.2. The number of carbonyl (C=O) groups is 1. The van der Waals surface area contributed by atoms with Crippen LogP contribution in [0.15, 0.2) is 47.4 Å². The fraction of sp³-hybridized carbons (Fsp3) is 0.423. The van der Waals surface area contributed by atoms with E-state index >= 15 is 0 Å². The summed E-state index contributed by atoms with van der Waals surface area (Å²) < 4.78 is 18.4. The van der Waals surface area contributed by atoms with Gasteiger partial charge in [-0.1, -0.05) is 0 Å². The van der Waals surface area contributed by atoms with Gasteiger partial charge in [-0.3, -0.25) is 4.79 Å². The van der Waals surface area contributed by atoms with Crippen molar-refractivity contribution in [1.29, 1.82) is 0 Å². The van der Waals surface area contributed by atoms with E-state index in [2.05, 4.69) is 16.8 Å². The predicted molar refractivity (Wildman–Crippen MR) is 132 cm³/mol. The molecule has 34 heavy (non-hydrogen) atoms. The van der Waals surface area contributed by atoms with E-state index in [0.29, 0.717) is 35.8 Å². The third-order valence-corrected chi connectivity index (χ3v) is 6.71. The Hall–Kier alpha value is -2.97. The molecule has 0 saturated carbocycles. The van der Waals surface area contributed by atoms with Crippen LogP contribution in [0.25, 0.3) is 0 Å². The first-order valence-electron chi connectivity index (χ1n) is 11.3. The zero-order valence-corrected chi connectivity index (χ0v) is 20.7. The van der Waals surface area contributed by atoms with E-state index in [1.165, 1.54) is 5.56 Å². The Morgan fingerprint density at radius 1 is 1.06 bits per heavy atom. The summed E-state index contributed by atoms with van der Waals surface area (Å²) in [6, 6.07) is 7.67. The number of carboxylic acid groups (broad SMARTS) is 1. The van der Waals surface area contributed by atoms with Gasteiger partial charge in [-0.2, -0.15) is 11.3 Å². The highest BCUT2D eigenvalue weighted by Crippen LogP contribution is 2.41. The van der Waals surface area contributed by atoms with Gasteiger partial charge < -0.3 is 29.0 Å². The molecule has 0 spiro atoms. The minimum atomic E-state index is -0.808. The first kappa shape index (κ1) is 25.6. The highest BCUT2D eigenvalue weighted by atomic mass is 32.1. The van der Waals surface area contributed by atoms with Crippen LogP contribution in [0.5, 0.6) is 17.2 Å². The highest BCUT2D eigenvalue weighted by Gasteiger charge is 2.25. The molecule has 7 nitrogen and oxygen atoms in total. The van der Waals surface area contributed by atoms with Crippen LogP contribution in [0.1, 0.15) is 42.1 Å². The van der Waals surface area contributed by atoms with E-state index in [-0.39, 0.29) is 12.3 Å². The zero-order valence-electron chi connectivity index (χ0n) is 19.9. The molecule has 0 radical (unpaired) electrons. The van der Waals surface area contributed by atoms with Crippen molar-refractivity contribution in [2.45, 2.75) is 44.8 Å². The summed E-state index contributed by atoms with van der Waals surface area (Å²) in [6.45, 7) is 0.606. The van der Waals surface area contributed by atoms with Crippen LogP contribution in [0.3, 0.4) is 0 Å². The molecule has 3 rings (SSSR count).